The molecule has 0 N–H and O–H groups in total. The smallest absolute Gasteiger partial charge is 0.399 e. The van der Waals surface area contributed by atoms with Crippen LogP contribution in [0.5, 0.6) is 0 Å². The van der Waals surface area contributed by atoms with Crippen molar-refractivity contribution in [1.29, 1.82) is 0 Å². The van der Waals surface area contributed by atoms with Crippen molar-refractivity contribution in [3.8, 4) is 11.8 Å². The maximum absolute atomic E-state index is 6.12. The molecule has 0 amide bonds. The number of piperidine rings is 1. The zero-order chi connectivity index (χ0) is 18.5. The molecule has 3 aliphatic rings. The molecule has 3 nitrogen and oxygen atoms in total. The summed E-state index contributed by atoms with van der Waals surface area (Å²) in [5, 5.41) is 0. The molecule has 3 atom stereocenters. The fourth-order valence-corrected chi connectivity index (χ4v) is 4.20. The minimum absolute atomic E-state index is 0.297. The quantitative estimate of drug-likeness (QED) is 0.617. The Labute approximate surface area is 158 Å². The molecule has 0 aromatic heterocycles. The Morgan fingerprint density at radius 2 is 1.62 bits per heavy atom. The van der Waals surface area contributed by atoms with E-state index in [0.717, 1.165) is 22.9 Å². The molecular formula is C22H30BNO2. The fourth-order valence-electron chi connectivity index (χ4n) is 4.20. The highest BCUT2D eigenvalue weighted by Crippen LogP contribution is 2.51. The summed E-state index contributed by atoms with van der Waals surface area (Å²) in [5.41, 5.74) is 1.55. The second kappa shape index (κ2) is 6.41. The molecule has 2 saturated heterocycles. The van der Waals surface area contributed by atoms with Crippen molar-refractivity contribution < 1.29 is 9.31 Å². The lowest BCUT2D eigenvalue weighted by atomic mass is 9.79. The van der Waals surface area contributed by atoms with Gasteiger partial charge in [-0.15, -0.1) is 0 Å². The van der Waals surface area contributed by atoms with Crippen LogP contribution < -0.4 is 5.46 Å². The lowest BCUT2D eigenvalue weighted by molar-refractivity contribution is 0.00578. The van der Waals surface area contributed by atoms with Gasteiger partial charge in [0.05, 0.1) is 11.2 Å². The van der Waals surface area contributed by atoms with Gasteiger partial charge in [0.25, 0.3) is 0 Å². The molecule has 3 fully saturated rings. The fraction of sp³-hybridized carbons (Fsp3) is 0.636. The topological polar surface area (TPSA) is 21.7 Å². The summed E-state index contributed by atoms with van der Waals surface area (Å²) >= 11 is 0. The van der Waals surface area contributed by atoms with Gasteiger partial charge in [0, 0.05) is 24.6 Å². The van der Waals surface area contributed by atoms with Crippen LogP contribution in [0.3, 0.4) is 0 Å². The third kappa shape index (κ3) is 3.22. The zero-order valence-electron chi connectivity index (χ0n) is 16.7. The van der Waals surface area contributed by atoms with Crippen molar-refractivity contribution >= 4 is 12.6 Å². The number of hydrogen-bond donors (Lipinski definition) is 0. The molecule has 1 aromatic carbocycles. The highest BCUT2D eigenvalue weighted by molar-refractivity contribution is 6.62. The minimum atomic E-state index is -0.300. The molecule has 2 heterocycles. The van der Waals surface area contributed by atoms with Gasteiger partial charge in [0.15, 0.2) is 0 Å². The van der Waals surface area contributed by atoms with E-state index in [0.29, 0.717) is 5.92 Å². The number of hydrogen-bond acceptors (Lipinski definition) is 3. The summed E-state index contributed by atoms with van der Waals surface area (Å²) in [6, 6.07) is 8.36. The van der Waals surface area contributed by atoms with Crippen molar-refractivity contribution in [2.24, 2.45) is 17.8 Å². The SMILES string of the molecule is CCCN1C[C@@H]2C(C#Cc3ccc(B4OC(C)(C)C(C)(C)O4)cc3)[C@@H]2C1. The summed E-state index contributed by atoms with van der Waals surface area (Å²) in [6.45, 7) is 14.3. The minimum Gasteiger partial charge on any atom is -0.399 e. The Balaban J connectivity index is 1.36. The van der Waals surface area contributed by atoms with Crippen LogP contribution in [-0.2, 0) is 9.31 Å². The third-order valence-electron chi connectivity index (χ3n) is 6.63. The van der Waals surface area contributed by atoms with Crippen LogP contribution in [0.4, 0.5) is 0 Å². The van der Waals surface area contributed by atoms with Crippen LogP contribution in [0.25, 0.3) is 0 Å². The van der Waals surface area contributed by atoms with Crippen molar-refractivity contribution in [3.05, 3.63) is 29.8 Å². The van der Waals surface area contributed by atoms with Crippen molar-refractivity contribution in [3.63, 3.8) is 0 Å². The summed E-state index contributed by atoms with van der Waals surface area (Å²) < 4.78 is 12.2. The third-order valence-corrected chi connectivity index (χ3v) is 6.63. The molecule has 0 spiro atoms. The first-order chi connectivity index (χ1) is 12.3. The van der Waals surface area contributed by atoms with Crippen LogP contribution in [-0.4, -0.2) is 42.9 Å². The van der Waals surface area contributed by atoms with Crippen LogP contribution in [0.2, 0.25) is 0 Å². The first-order valence-electron chi connectivity index (χ1n) is 10.0. The molecule has 1 saturated carbocycles. The number of fused-ring (bicyclic) bond motifs is 1. The van der Waals surface area contributed by atoms with Gasteiger partial charge in [-0.1, -0.05) is 30.9 Å². The number of benzene rings is 1. The normalized spacial score (nSPS) is 31.4. The molecule has 1 unspecified atom stereocenters. The predicted molar refractivity (Wildman–Crippen MR) is 106 cm³/mol. The first-order valence-corrected chi connectivity index (χ1v) is 10.0. The van der Waals surface area contributed by atoms with E-state index in [1.165, 1.54) is 26.1 Å². The molecule has 138 valence electrons. The predicted octanol–water partition coefficient (Wildman–Crippen LogP) is 2.93. The van der Waals surface area contributed by atoms with E-state index in [1.54, 1.807) is 0 Å². The second-order valence-electron chi connectivity index (χ2n) is 9.09. The molecule has 4 heteroatoms. The second-order valence-corrected chi connectivity index (χ2v) is 9.09. The lowest BCUT2D eigenvalue weighted by Gasteiger charge is -2.32. The Bertz CT molecular complexity index is 703. The van der Waals surface area contributed by atoms with Crippen molar-refractivity contribution in [2.45, 2.75) is 52.2 Å². The average molecular weight is 351 g/mol. The summed E-state index contributed by atoms with van der Waals surface area (Å²) in [5.74, 6) is 9.15. The van der Waals surface area contributed by atoms with E-state index in [4.69, 9.17) is 9.31 Å². The van der Waals surface area contributed by atoms with E-state index in [2.05, 4.69) is 75.6 Å². The largest absolute Gasteiger partial charge is 0.494 e. The number of nitrogens with zero attached hydrogens (tertiary/aromatic N) is 1. The van der Waals surface area contributed by atoms with Gasteiger partial charge in [0.1, 0.15) is 0 Å². The van der Waals surface area contributed by atoms with Crippen LogP contribution >= 0.6 is 0 Å². The van der Waals surface area contributed by atoms with E-state index in [9.17, 15) is 0 Å². The summed E-state index contributed by atoms with van der Waals surface area (Å²) in [4.78, 5) is 2.59. The maximum atomic E-state index is 6.12. The standard InChI is InChI=1S/C22H30BNO2/c1-6-13-24-14-19-18(20(19)15-24)12-9-16-7-10-17(11-8-16)23-25-21(2,3)22(4,5)26-23/h7-8,10-11,18-20H,6,13-15H2,1-5H3/t18?,19-,20+. The van der Waals surface area contributed by atoms with Crippen LogP contribution in [0.1, 0.15) is 46.6 Å². The van der Waals surface area contributed by atoms with Crippen LogP contribution in [0, 0.1) is 29.6 Å². The Kier molecular flexibility index (Phi) is 4.46. The summed E-state index contributed by atoms with van der Waals surface area (Å²) in [7, 11) is -0.297. The van der Waals surface area contributed by atoms with Gasteiger partial charge < -0.3 is 14.2 Å². The Morgan fingerprint density at radius 1 is 1.04 bits per heavy atom. The van der Waals surface area contributed by atoms with Crippen molar-refractivity contribution in [2.75, 3.05) is 19.6 Å². The highest BCUT2D eigenvalue weighted by atomic mass is 16.7. The lowest BCUT2D eigenvalue weighted by Crippen LogP contribution is -2.41. The number of likely N-dealkylation sites (tertiary alicyclic amines) is 1. The molecular weight excluding hydrogens is 321 g/mol. The molecule has 0 radical (unpaired) electrons. The van der Waals surface area contributed by atoms with E-state index < -0.39 is 0 Å². The molecule has 1 aliphatic carbocycles. The van der Waals surface area contributed by atoms with E-state index >= 15 is 0 Å². The van der Waals surface area contributed by atoms with Gasteiger partial charge in [-0.25, -0.2) is 0 Å². The monoisotopic (exact) mass is 351 g/mol. The van der Waals surface area contributed by atoms with Gasteiger partial charge in [0.2, 0.25) is 0 Å². The Hall–Kier alpha value is -1.28. The van der Waals surface area contributed by atoms with Gasteiger partial charge in [-0.3, -0.25) is 0 Å². The van der Waals surface area contributed by atoms with Gasteiger partial charge in [-0.2, -0.15) is 0 Å². The molecule has 1 aromatic rings. The van der Waals surface area contributed by atoms with E-state index in [-0.39, 0.29) is 18.3 Å². The molecule has 4 rings (SSSR count). The van der Waals surface area contributed by atoms with Crippen LogP contribution in [0.15, 0.2) is 24.3 Å². The molecule has 2 aliphatic heterocycles. The molecule has 26 heavy (non-hydrogen) atoms. The highest BCUT2D eigenvalue weighted by Gasteiger charge is 2.54. The molecule has 0 bridgehead atoms. The van der Waals surface area contributed by atoms with E-state index in [1.807, 2.05) is 0 Å². The van der Waals surface area contributed by atoms with Gasteiger partial charge >= 0.3 is 7.12 Å². The maximum Gasteiger partial charge on any atom is 0.494 e. The first kappa shape index (κ1) is 18.1. The average Bonchev–Trinajstić information content (AvgIpc) is 2.93. The zero-order valence-corrected chi connectivity index (χ0v) is 16.7. The van der Waals surface area contributed by atoms with Crippen molar-refractivity contribution in [1.82, 2.24) is 4.90 Å². The summed E-state index contributed by atoms with van der Waals surface area (Å²) in [6.07, 6.45) is 1.25. The number of rotatable bonds is 3. The van der Waals surface area contributed by atoms with Gasteiger partial charge in [-0.05, 0) is 70.1 Å². The Morgan fingerprint density at radius 3 is 2.15 bits per heavy atom.